The summed E-state index contributed by atoms with van der Waals surface area (Å²) in [7, 11) is 0. The fourth-order valence-electron chi connectivity index (χ4n) is 1.54. The van der Waals surface area contributed by atoms with Gasteiger partial charge in [-0.1, -0.05) is 13.8 Å². The minimum absolute atomic E-state index is 0.0357. The Morgan fingerprint density at radius 3 is 2.50 bits per heavy atom. The Bertz CT molecular complexity index is 473. The maximum Gasteiger partial charge on any atom is 0.339 e. The van der Waals surface area contributed by atoms with Gasteiger partial charge in [-0.2, -0.15) is 0 Å². The molecule has 0 amide bonds. The predicted molar refractivity (Wildman–Crippen MR) is 62.8 cm³/mol. The smallest absolute Gasteiger partial charge is 0.339 e. The normalized spacial score (nSPS) is 13.4. The number of carbonyl (C=O) groups is 1. The number of carboxylic acid groups (broad SMARTS) is 1. The van der Waals surface area contributed by atoms with Crippen molar-refractivity contribution >= 4 is 5.97 Å². The van der Waals surface area contributed by atoms with E-state index in [4.69, 9.17) is 10.8 Å². The van der Waals surface area contributed by atoms with Crippen LogP contribution < -0.4 is 5.73 Å². The zero-order chi connectivity index (χ0) is 14.1. The van der Waals surface area contributed by atoms with Crippen LogP contribution in [0.5, 0.6) is 5.75 Å². The van der Waals surface area contributed by atoms with Gasteiger partial charge in [-0.3, -0.25) is 0 Å². The molecule has 0 saturated carbocycles. The van der Waals surface area contributed by atoms with E-state index in [0.717, 1.165) is 12.1 Å². The molecule has 0 aliphatic carbocycles. The van der Waals surface area contributed by atoms with Crippen molar-refractivity contribution in [3.63, 3.8) is 0 Å². The fourth-order valence-corrected chi connectivity index (χ4v) is 1.54. The average Bonchev–Trinajstić information content (AvgIpc) is 2.30. The topological polar surface area (TPSA) is 104 Å². The molecule has 0 spiro atoms. The van der Waals surface area contributed by atoms with E-state index in [2.05, 4.69) is 0 Å². The lowest BCUT2D eigenvalue weighted by atomic mass is 9.81. The van der Waals surface area contributed by atoms with Gasteiger partial charge in [0.25, 0.3) is 0 Å². The first-order valence-corrected chi connectivity index (χ1v) is 5.33. The molecule has 100 valence electrons. The van der Waals surface area contributed by atoms with Crippen LogP contribution in [0.15, 0.2) is 12.1 Å². The summed E-state index contributed by atoms with van der Waals surface area (Å²) < 4.78 is 13.3. The maximum absolute atomic E-state index is 13.3. The second-order valence-corrected chi connectivity index (χ2v) is 4.82. The summed E-state index contributed by atoms with van der Waals surface area (Å²) in [5.41, 5.74) is 4.44. The van der Waals surface area contributed by atoms with Crippen LogP contribution in [0.4, 0.5) is 4.39 Å². The minimum Gasteiger partial charge on any atom is -0.507 e. The Labute approximate surface area is 104 Å². The molecule has 6 heteroatoms. The zero-order valence-corrected chi connectivity index (χ0v) is 10.1. The molecule has 1 aromatic carbocycles. The summed E-state index contributed by atoms with van der Waals surface area (Å²) >= 11 is 0. The van der Waals surface area contributed by atoms with E-state index in [0.29, 0.717) is 0 Å². The largest absolute Gasteiger partial charge is 0.507 e. The van der Waals surface area contributed by atoms with E-state index in [-0.39, 0.29) is 12.2 Å². The highest BCUT2D eigenvalue weighted by atomic mass is 19.1. The van der Waals surface area contributed by atoms with E-state index in [9.17, 15) is 19.4 Å². The standard InChI is InChI=1S/C12H16FNO4/c1-12(2,5-15)10(14)7-3-6(13)4-8(9(7)16)11(17)18/h3-4,10,15-16H,5,14H2,1-2H3,(H,17,18)/t10-/m0/s1. The van der Waals surface area contributed by atoms with E-state index < -0.39 is 34.6 Å². The molecule has 0 saturated heterocycles. The van der Waals surface area contributed by atoms with Gasteiger partial charge in [0.15, 0.2) is 0 Å². The lowest BCUT2D eigenvalue weighted by Gasteiger charge is -2.30. The SMILES string of the molecule is CC(C)(CO)[C@@H](N)c1cc(F)cc(C(=O)O)c1O. The monoisotopic (exact) mass is 257 g/mol. The van der Waals surface area contributed by atoms with Gasteiger partial charge in [0, 0.05) is 23.6 Å². The third kappa shape index (κ3) is 2.60. The van der Waals surface area contributed by atoms with Crippen molar-refractivity contribution in [3.05, 3.63) is 29.1 Å². The number of carboxylic acids is 1. The van der Waals surface area contributed by atoms with E-state index in [1.165, 1.54) is 0 Å². The van der Waals surface area contributed by atoms with Gasteiger partial charge < -0.3 is 21.1 Å². The molecule has 0 aromatic heterocycles. The Morgan fingerprint density at radius 1 is 1.50 bits per heavy atom. The van der Waals surface area contributed by atoms with Crippen LogP contribution in [0.25, 0.3) is 0 Å². The van der Waals surface area contributed by atoms with Crippen LogP contribution in [0.2, 0.25) is 0 Å². The van der Waals surface area contributed by atoms with Crippen LogP contribution in [0.3, 0.4) is 0 Å². The molecule has 0 fully saturated rings. The van der Waals surface area contributed by atoms with Gasteiger partial charge in [0.05, 0.1) is 0 Å². The Morgan fingerprint density at radius 2 is 2.06 bits per heavy atom. The molecule has 0 aliphatic rings. The molecule has 0 aliphatic heterocycles. The minimum atomic E-state index is -1.44. The quantitative estimate of drug-likeness (QED) is 0.650. The first-order chi connectivity index (χ1) is 8.20. The number of phenols is 1. The predicted octanol–water partition coefficient (Wildman–Crippen LogP) is 1.25. The number of aliphatic hydroxyl groups excluding tert-OH is 1. The van der Waals surface area contributed by atoms with Gasteiger partial charge >= 0.3 is 5.97 Å². The first kappa shape index (κ1) is 14.4. The number of hydrogen-bond donors (Lipinski definition) is 4. The fraction of sp³-hybridized carbons (Fsp3) is 0.417. The first-order valence-electron chi connectivity index (χ1n) is 5.33. The second-order valence-electron chi connectivity index (χ2n) is 4.82. The van der Waals surface area contributed by atoms with Crippen LogP contribution in [0.1, 0.15) is 35.8 Å². The van der Waals surface area contributed by atoms with E-state index >= 15 is 0 Å². The molecule has 0 unspecified atom stereocenters. The number of rotatable bonds is 4. The molecule has 1 rings (SSSR count). The maximum atomic E-state index is 13.3. The van der Waals surface area contributed by atoms with E-state index in [1.807, 2.05) is 0 Å². The lowest BCUT2D eigenvalue weighted by Crippen LogP contribution is -2.32. The van der Waals surface area contributed by atoms with Crippen molar-refractivity contribution in [2.75, 3.05) is 6.61 Å². The summed E-state index contributed by atoms with van der Waals surface area (Å²) in [5, 5.41) is 27.8. The molecule has 0 heterocycles. The van der Waals surface area contributed by atoms with Crippen LogP contribution >= 0.6 is 0 Å². The van der Waals surface area contributed by atoms with Crippen molar-refractivity contribution in [2.24, 2.45) is 11.1 Å². The summed E-state index contributed by atoms with van der Waals surface area (Å²) in [6.45, 7) is 2.97. The second kappa shape index (κ2) is 4.91. The number of nitrogens with two attached hydrogens (primary N) is 1. The van der Waals surface area contributed by atoms with Crippen LogP contribution in [-0.4, -0.2) is 27.9 Å². The van der Waals surface area contributed by atoms with Gasteiger partial charge in [-0.05, 0) is 12.1 Å². The van der Waals surface area contributed by atoms with Gasteiger partial charge in [-0.25, -0.2) is 9.18 Å². The third-order valence-corrected chi connectivity index (χ3v) is 2.92. The lowest BCUT2D eigenvalue weighted by molar-refractivity contribution is 0.0692. The average molecular weight is 257 g/mol. The highest BCUT2D eigenvalue weighted by molar-refractivity contribution is 5.91. The molecule has 18 heavy (non-hydrogen) atoms. The number of aromatic hydroxyl groups is 1. The molecular formula is C12H16FNO4. The summed E-state index contributed by atoms with van der Waals surface area (Å²) in [6, 6.07) is 0.806. The highest BCUT2D eigenvalue weighted by Crippen LogP contribution is 2.37. The van der Waals surface area contributed by atoms with E-state index in [1.54, 1.807) is 13.8 Å². The Hall–Kier alpha value is -1.66. The molecule has 0 radical (unpaired) electrons. The van der Waals surface area contributed by atoms with Crippen LogP contribution in [0, 0.1) is 11.2 Å². The molecule has 1 atom stereocenters. The molecule has 5 nitrogen and oxygen atoms in total. The van der Waals surface area contributed by atoms with Gasteiger partial charge in [0.2, 0.25) is 0 Å². The number of benzene rings is 1. The molecule has 1 aromatic rings. The summed E-state index contributed by atoms with van der Waals surface area (Å²) in [6.07, 6.45) is 0. The summed E-state index contributed by atoms with van der Waals surface area (Å²) in [4.78, 5) is 10.9. The highest BCUT2D eigenvalue weighted by Gasteiger charge is 2.31. The number of aliphatic hydroxyl groups is 1. The Balaban J connectivity index is 3.37. The summed E-state index contributed by atoms with van der Waals surface area (Å²) in [5.74, 6) is -2.82. The molecule has 0 bridgehead atoms. The van der Waals surface area contributed by atoms with Crippen molar-refractivity contribution in [3.8, 4) is 5.75 Å². The number of halogens is 1. The van der Waals surface area contributed by atoms with Crippen molar-refractivity contribution < 1.29 is 24.5 Å². The van der Waals surface area contributed by atoms with Gasteiger partial charge in [-0.15, -0.1) is 0 Å². The molecule has 5 N–H and O–H groups in total. The number of hydrogen-bond acceptors (Lipinski definition) is 4. The van der Waals surface area contributed by atoms with Crippen molar-refractivity contribution in [1.29, 1.82) is 0 Å². The Kier molecular flexibility index (Phi) is 3.93. The molecular weight excluding hydrogens is 241 g/mol. The van der Waals surface area contributed by atoms with Gasteiger partial charge in [0.1, 0.15) is 17.1 Å². The van der Waals surface area contributed by atoms with Crippen LogP contribution in [-0.2, 0) is 0 Å². The number of aromatic carboxylic acids is 1. The van der Waals surface area contributed by atoms with Crippen molar-refractivity contribution in [1.82, 2.24) is 0 Å². The van der Waals surface area contributed by atoms with Crippen molar-refractivity contribution in [2.45, 2.75) is 19.9 Å². The zero-order valence-electron chi connectivity index (χ0n) is 10.1. The third-order valence-electron chi connectivity index (χ3n) is 2.92.